The van der Waals surface area contributed by atoms with Crippen LogP contribution in [0.1, 0.15) is 11.3 Å². The predicted molar refractivity (Wildman–Crippen MR) is 89.2 cm³/mol. The van der Waals surface area contributed by atoms with Crippen LogP contribution in [0.15, 0.2) is 52.3 Å². The zero-order valence-electron chi connectivity index (χ0n) is 12.0. The summed E-state index contributed by atoms with van der Waals surface area (Å²) < 4.78 is 0. The van der Waals surface area contributed by atoms with Gasteiger partial charge in [0.2, 0.25) is 0 Å². The SMILES string of the molecule is Cc1[nH]c2ccccc2c1C=Nc1ccc2[nH]c(=O)[nH]c2c1. The van der Waals surface area contributed by atoms with E-state index in [2.05, 4.69) is 32.1 Å². The van der Waals surface area contributed by atoms with Crippen LogP contribution in [0.3, 0.4) is 0 Å². The molecule has 0 saturated heterocycles. The van der Waals surface area contributed by atoms with Gasteiger partial charge in [-0.25, -0.2) is 4.79 Å². The highest BCUT2D eigenvalue weighted by molar-refractivity contribution is 6.01. The van der Waals surface area contributed by atoms with Crippen molar-refractivity contribution >= 4 is 33.8 Å². The van der Waals surface area contributed by atoms with Crippen LogP contribution in [-0.2, 0) is 0 Å². The lowest BCUT2D eigenvalue weighted by Crippen LogP contribution is -1.99. The summed E-state index contributed by atoms with van der Waals surface area (Å²) in [5.41, 5.74) is 5.41. The van der Waals surface area contributed by atoms with Crippen molar-refractivity contribution in [1.82, 2.24) is 15.0 Å². The number of aryl methyl sites for hydroxylation is 1. The number of para-hydroxylation sites is 1. The number of aromatic amines is 3. The maximum Gasteiger partial charge on any atom is 0.323 e. The minimum atomic E-state index is -0.205. The quantitative estimate of drug-likeness (QED) is 0.486. The van der Waals surface area contributed by atoms with Gasteiger partial charge < -0.3 is 15.0 Å². The molecule has 0 bridgehead atoms. The summed E-state index contributed by atoms with van der Waals surface area (Å²) in [5, 5.41) is 1.15. The molecule has 0 aliphatic heterocycles. The second kappa shape index (κ2) is 4.73. The van der Waals surface area contributed by atoms with Gasteiger partial charge in [-0.2, -0.15) is 0 Å². The number of aromatic nitrogens is 3. The first-order chi connectivity index (χ1) is 10.7. The lowest BCUT2D eigenvalue weighted by atomic mass is 10.1. The number of hydrogen-bond acceptors (Lipinski definition) is 2. The van der Waals surface area contributed by atoms with Crippen molar-refractivity contribution in [1.29, 1.82) is 0 Å². The number of nitrogens with one attached hydrogen (secondary N) is 3. The van der Waals surface area contributed by atoms with Crippen molar-refractivity contribution in [2.75, 3.05) is 0 Å². The van der Waals surface area contributed by atoms with E-state index in [0.29, 0.717) is 0 Å². The number of fused-ring (bicyclic) bond motifs is 2. The van der Waals surface area contributed by atoms with Crippen molar-refractivity contribution < 1.29 is 0 Å². The van der Waals surface area contributed by atoms with Crippen LogP contribution in [0.25, 0.3) is 21.9 Å². The van der Waals surface area contributed by atoms with Crippen LogP contribution >= 0.6 is 0 Å². The lowest BCUT2D eigenvalue weighted by Gasteiger charge is -1.95. The molecule has 0 amide bonds. The molecule has 4 aromatic rings. The molecule has 0 aliphatic carbocycles. The molecule has 0 radical (unpaired) electrons. The number of H-pyrrole nitrogens is 3. The zero-order valence-corrected chi connectivity index (χ0v) is 12.0. The van der Waals surface area contributed by atoms with Gasteiger partial charge in [-0.05, 0) is 31.2 Å². The largest absolute Gasteiger partial charge is 0.358 e. The molecule has 0 aliphatic rings. The first-order valence-electron chi connectivity index (χ1n) is 7.04. The second-order valence-corrected chi connectivity index (χ2v) is 5.28. The molecule has 2 aromatic carbocycles. The van der Waals surface area contributed by atoms with E-state index in [1.165, 1.54) is 0 Å². The highest BCUT2D eigenvalue weighted by Crippen LogP contribution is 2.22. The van der Waals surface area contributed by atoms with Gasteiger partial charge in [0, 0.05) is 28.4 Å². The van der Waals surface area contributed by atoms with Crippen LogP contribution in [0, 0.1) is 6.92 Å². The molecule has 3 N–H and O–H groups in total. The Morgan fingerprint density at radius 1 is 0.955 bits per heavy atom. The van der Waals surface area contributed by atoms with Crippen molar-refractivity contribution in [3.05, 3.63) is 64.2 Å². The van der Waals surface area contributed by atoms with Gasteiger partial charge >= 0.3 is 5.69 Å². The predicted octanol–water partition coefficient (Wildman–Crippen LogP) is 3.40. The molecule has 0 spiro atoms. The Kier molecular flexibility index (Phi) is 2.72. The fraction of sp³-hybridized carbons (Fsp3) is 0.0588. The molecule has 5 heteroatoms. The lowest BCUT2D eigenvalue weighted by molar-refractivity contribution is 1.21. The Morgan fingerprint density at radius 2 is 1.77 bits per heavy atom. The van der Waals surface area contributed by atoms with E-state index in [0.717, 1.165) is 38.9 Å². The van der Waals surface area contributed by atoms with Gasteiger partial charge in [-0.15, -0.1) is 0 Å². The Labute approximate surface area is 125 Å². The van der Waals surface area contributed by atoms with Gasteiger partial charge in [0.1, 0.15) is 0 Å². The molecule has 0 atom stereocenters. The molecular weight excluding hydrogens is 276 g/mol. The Bertz CT molecular complexity index is 1070. The fourth-order valence-electron chi connectivity index (χ4n) is 2.70. The van der Waals surface area contributed by atoms with E-state index < -0.39 is 0 Å². The number of benzene rings is 2. The number of imidazole rings is 1. The third-order valence-corrected chi connectivity index (χ3v) is 3.79. The standard InChI is InChI=1S/C17H14N4O/c1-10-13(12-4-2-3-5-14(12)19-10)9-18-11-6-7-15-16(8-11)21-17(22)20-15/h2-9,19H,1H3,(H2,20,21,22). The average Bonchev–Trinajstić information content (AvgIpc) is 3.03. The van der Waals surface area contributed by atoms with Crippen LogP contribution in [-0.4, -0.2) is 21.2 Å². The molecule has 4 rings (SSSR count). The van der Waals surface area contributed by atoms with Crippen molar-refractivity contribution in [3.8, 4) is 0 Å². The zero-order chi connectivity index (χ0) is 15.1. The Morgan fingerprint density at radius 3 is 2.68 bits per heavy atom. The highest BCUT2D eigenvalue weighted by Gasteiger charge is 2.05. The van der Waals surface area contributed by atoms with E-state index in [-0.39, 0.29) is 5.69 Å². The summed E-state index contributed by atoms with van der Waals surface area (Å²) in [6, 6.07) is 13.7. The van der Waals surface area contributed by atoms with Crippen LogP contribution < -0.4 is 5.69 Å². The molecule has 108 valence electrons. The number of nitrogens with zero attached hydrogens (tertiary/aromatic N) is 1. The maximum atomic E-state index is 11.3. The van der Waals surface area contributed by atoms with Gasteiger partial charge in [0.25, 0.3) is 0 Å². The van der Waals surface area contributed by atoms with Gasteiger partial charge in [-0.3, -0.25) is 4.99 Å². The summed E-state index contributed by atoms with van der Waals surface area (Å²) in [4.78, 5) is 24.6. The highest BCUT2D eigenvalue weighted by atomic mass is 16.1. The first-order valence-corrected chi connectivity index (χ1v) is 7.04. The number of hydrogen-bond donors (Lipinski definition) is 3. The molecular formula is C17H14N4O. The maximum absolute atomic E-state index is 11.3. The van der Waals surface area contributed by atoms with Crippen molar-refractivity contribution in [2.24, 2.45) is 4.99 Å². The molecule has 2 heterocycles. The molecule has 0 unspecified atom stereocenters. The molecule has 5 nitrogen and oxygen atoms in total. The van der Waals surface area contributed by atoms with E-state index in [1.54, 1.807) is 0 Å². The minimum absolute atomic E-state index is 0.205. The molecule has 22 heavy (non-hydrogen) atoms. The van der Waals surface area contributed by atoms with E-state index in [1.807, 2.05) is 43.5 Å². The third kappa shape index (κ3) is 2.03. The van der Waals surface area contributed by atoms with Crippen LogP contribution in [0.5, 0.6) is 0 Å². The Balaban J connectivity index is 1.78. The summed E-state index contributed by atoms with van der Waals surface area (Å²) in [6.45, 7) is 2.04. The fourth-order valence-corrected chi connectivity index (χ4v) is 2.70. The monoisotopic (exact) mass is 290 g/mol. The topological polar surface area (TPSA) is 76.8 Å². The van der Waals surface area contributed by atoms with E-state index in [4.69, 9.17) is 0 Å². The molecule has 0 saturated carbocycles. The van der Waals surface area contributed by atoms with E-state index in [9.17, 15) is 4.79 Å². The minimum Gasteiger partial charge on any atom is -0.358 e. The van der Waals surface area contributed by atoms with Gasteiger partial charge in [0.05, 0.1) is 16.7 Å². The van der Waals surface area contributed by atoms with Gasteiger partial charge in [-0.1, -0.05) is 18.2 Å². The van der Waals surface area contributed by atoms with E-state index >= 15 is 0 Å². The average molecular weight is 290 g/mol. The van der Waals surface area contributed by atoms with Crippen molar-refractivity contribution in [3.63, 3.8) is 0 Å². The normalized spacial score (nSPS) is 11.9. The molecule has 2 aromatic heterocycles. The first kappa shape index (κ1) is 12.6. The smallest absolute Gasteiger partial charge is 0.323 e. The summed E-state index contributed by atoms with van der Waals surface area (Å²) in [6.07, 6.45) is 1.86. The summed E-state index contributed by atoms with van der Waals surface area (Å²) in [5.74, 6) is 0. The van der Waals surface area contributed by atoms with Crippen molar-refractivity contribution in [2.45, 2.75) is 6.92 Å². The number of aliphatic imine (C=N–C) groups is 1. The van der Waals surface area contributed by atoms with Crippen LogP contribution in [0.2, 0.25) is 0 Å². The third-order valence-electron chi connectivity index (χ3n) is 3.79. The summed E-state index contributed by atoms with van der Waals surface area (Å²) in [7, 11) is 0. The Hall–Kier alpha value is -3.08. The van der Waals surface area contributed by atoms with Crippen LogP contribution in [0.4, 0.5) is 5.69 Å². The number of rotatable bonds is 2. The summed E-state index contributed by atoms with van der Waals surface area (Å²) >= 11 is 0. The second-order valence-electron chi connectivity index (χ2n) is 5.28. The molecule has 0 fully saturated rings. The van der Waals surface area contributed by atoms with Gasteiger partial charge in [0.15, 0.2) is 0 Å².